The van der Waals surface area contributed by atoms with E-state index in [0.29, 0.717) is 6.42 Å². The quantitative estimate of drug-likeness (QED) is 0.911. The van der Waals surface area contributed by atoms with E-state index in [4.69, 9.17) is 0 Å². The number of rotatable bonds is 5. The highest BCUT2D eigenvalue weighted by Gasteiger charge is 2.47. The number of hydrogen-bond acceptors (Lipinski definition) is 5. The van der Waals surface area contributed by atoms with Gasteiger partial charge in [0.05, 0.1) is 15.6 Å². The molecule has 0 fully saturated rings. The van der Waals surface area contributed by atoms with E-state index in [2.05, 4.69) is 10.3 Å². The van der Waals surface area contributed by atoms with Crippen molar-refractivity contribution in [2.45, 2.75) is 16.8 Å². The fraction of sp³-hybridized carbons (Fsp3) is 0.250. The molecule has 0 spiro atoms. The van der Waals surface area contributed by atoms with E-state index in [9.17, 15) is 21.6 Å². The summed E-state index contributed by atoms with van der Waals surface area (Å²) < 4.78 is 60.8. The molecule has 0 aliphatic carbocycles. The van der Waals surface area contributed by atoms with Crippen molar-refractivity contribution in [3.8, 4) is 0 Å². The van der Waals surface area contributed by atoms with E-state index in [-0.39, 0.29) is 12.2 Å². The van der Waals surface area contributed by atoms with E-state index in [0.717, 1.165) is 11.1 Å². The summed E-state index contributed by atoms with van der Waals surface area (Å²) in [4.78, 5) is 3.27. The summed E-state index contributed by atoms with van der Waals surface area (Å²) in [5.41, 5.74) is -5.38. The summed E-state index contributed by atoms with van der Waals surface area (Å²) in [6.07, 6.45) is 2.13. The van der Waals surface area contributed by atoms with Crippen LogP contribution in [0.2, 0.25) is 0 Å². The smallest absolute Gasteiger partial charge is 0.384 e. The van der Waals surface area contributed by atoms with Crippen LogP contribution in [0.1, 0.15) is 5.01 Å². The average molecular weight is 336 g/mol. The summed E-state index contributed by atoms with van der Waals surface area (Å²) >= 11 is 1.42. The first-order valence-electron chi connectivity index (χ1n) is 5.85. The predicted molar refractivity (Wildman–Crippen MR) is 74.0 cm³/mol. The molecule has 0 saturated heterocycles. The SMILES string of the molecule is O=S(=O)(c1ccccc1NCCc1nccs1)C(F)(F)F. The zero-order chi connectivity index (χ0) is 15.5. The summed E-state index contributed by atoms with van der Waals surface area (Å²) in [5.74, 6) is 0. The highest BCUT2D eigenvalue weighted by atomic mass is 32.2. The van der Waals surface area contributed by atoms with Crippen molar-refractivity contribution < 1.29 is 21.6 Å². The Morgan fingerprint density at radius 2 is 1.95 bits per heavy atom. The first kappa shape index (κ1) is 15.8. The molecule has 0 amide bonds. The van der Waals surface area contributed by atoms with Gasteiger partial charge < -0.3 is 5.32 Å². The maximum absolute atomic E-state index is 12.6. The number of nitrogens with zero attached hydrogens (tertiary/aromatic N) is 1. The summed E-state index contributed by atoms with van der Waals surface area (Å²) in [5, 5.41) is 5.32. The van der Waals surface area contributed by atoms with Gasteiger partial charge in [-0.05, 0) is 12.1 Å². The zero-order valence-corrected chi connectivity index (χ0v) is 12.2. The molecule has 0 bridgehead atoms. The molecule has 0 unspecified atom stereocenters. The Bertz CT molecular complexity index is 698. The first-order valence-corrected chi connectivity index (χ1v) is 8.21. The summed E-state index contributed by atoms with van der Waals surface area (Å²) in [6, 6.07) is 4.97. The third-order valence-corrected chi connectivity index (χ3v) is 5.00. The summed E-state index contributed by atoms with van der Waals surface area (Å²) in [7, 11) is -5.37. The van der Waals surface area contributed by atoms with Crippen LogP contribution in [0, 0.1) is 0 Å². The normalized spacial score (nSPS) is 12.3. The van der Waals surface area contributed by atoms with Crippen LogP contribution in [0.5, 0.6) is 0 Å². The van der Waals surface area contributed by atoms with Gasteiger partial charge in [-0.2, -0.15) is 13.2 Å². The Labute approximate surface area is 123 Å². The largest absolute Gasteiger partial charge is 0.501 e. The van der Waals surface area contributed by atoms with Crippen LogP contribution in [-0.4, -0.2) is 25.5 Å². The van der Waals surface area contributed by atoms with Gasteiger partial charge in [-0.25, -0.2) is 13.4 Å². The molecule has 4 nitrogen and oxygen atoms in total. The molecule has 9 heteroatoms. The van der Waals surface area contributed by atoms with Crippen LogP contribution in [-0.2, 0) is 16.3 Å². The Morgan fingerprint density at radius 3 is 2.57 bits per heavy atom. The van der Waals surface area contributed by atoms with Crippen molar-refractivity contribution in [3.63, 3.8) is 0 Å². The second-order valence-corrected chi connectivity index (χ2v) is 6.94. The van der Waals surface area contributed by atoms with Gasteiger partial charge in [-0.1, -0.05) is 12.1 Å². The molecule has 1 aromatic heterocycles. The number of hydrogen-bond donors (Lipinski definition) is 1. The molecule has 0 saturated carbocycles. The van der Waals surface area contributed by atoms with Gasteiger partial charge >= 0.3 is 5.51 Å². The maximum Gasteiger partial charge on any atom is 0.501 e. The molecule has 1 N–H and O–H groups in total. The van der Waals surface area contributed by atoms with Crippen molar-refractivity contribution in [1.82, 2.24) is 4.98 Å². The van der Waals surface area contributed by atoms with Crippen molar-refractivity contribution in [2.24, 2.45) is 0 Å². The molecule has 0 aliphatic rings. The molecule has 1 heterocycles. The van der Waals surface area contributed by atoms with Gasteiger partial charge in [0.25, 0.3) is 9.84 Å². The number of para-hydroxylation sites is 1. The van der Waals surface area contributed by atoms with Crippen molar-refractivity contribution in [3.05, 3.63) is 40.8 Å². The van der Waals surface area contributed by atoms with Gasteiger partial charge in [0, 0.05) is 24.5 Å². The minimum atomic E-state index is -5.37. The standard InChI is InChI=1S/C12H11F3N2O2S2/c13-12(14,15)21(18,19)10-4-2-1-3-9(10)16-6-5-11-17-7-8-20-11/h1-4,7-8,16H,5-6H2. The van der Waals surface area contributed by atoms with Gasteiger partial charge in [-0.3, -0.25) is 0 Å². The third kappa shape index (κ3) is 3.53. The summed E-state index contributed by atoms with van der Waals surface area (Å²) in [6.45, 7) is 0.290. The predicted octanol–water partition coefficient (Wildman–Crippen LogP) is 3.09. The third-order valence-electron chi connectivity index (χ3n) is 2.62. The van der Waals surface area contributed by atoms with Crippen LogP contribution < -0.4 is 5.32 Å². The molecule has 2 rings (SSSR count). The van der Waals surface area contributed by atoms with Crippen molar-refractivity contribution in [1.29, 1.82) is 0 Å². The highest BCUT2D eigenvalue weighted by molar-refractivity contribution is 7.92. The van der Waals surface area contributed by atoms with Gasteiger partial charge in [0.15, 0.2) is 0 Å². The minimum absolute atomic E-state index is 0.0635. The van der Waals surface area contributed by atoms with E-state index >= 15 is 0 Å². The van der Waals surface area contributed by atoms with E-state index < -0.39 is 20.2 Å². The Morgan fingerprint density at radius 1 is 1.24 bits per heavy atom. The highest BCUT2D eigenvalue weighted by Crippen LogP contribution is 2.34. The average Bonchev–Trinajstić information content (AvgIpc) is 2.91. The molecule has 0 radical (unpaired) electrons. The van der Waals surface area contributed by atoms with Gasteiger partial charge in [-0.15, -0.1) is 11.3 Å². The monoisotopic (exact) mass is 336 g/mol. The van der Waals surface area contributed by atoms with E-state index in [1.54, 1.807) is 11.6 Å². The van der Waals surface area contributed by atoms with Crippen LogP contribution in [0.25, 0.3) is 0 Å². The molecule has 1 aromatic carbocycles. The van der Waals surface area contributed by atoms with E-state index in [1.807, 2.05) is 0 Å². The number of sulfone groups is 1. The van der Waals surface area contributed by atoms with E-state index in [1.165, 1.54) is 29.5 Å². The molecule has 114 valence electrons. The van der Waals surface area contributed by atoms with Crippen LogP contribution in [0.15, 0.2) is 40.7 Å². The lowest BCUT2D eigenvalue weighted by Gasteiger charge is -2.13. The molecule has 0 aliphatic heterocycles. The number of thiazole rings is 1. The lowest BCUT2D eigenvalue weighted by Crippen LogP contribution is -2.24. The lowest BCUT2D eigenvalue weighted by molar-refractivity contribution is -0.0435. The number of anilines is 1. The topological polar surface area (TPSA) is 59.1 Å². The fourth-order valence-corrected chi connectivity index (χ4v) is 3.21. The number of halogens is 3. The number of aromatic nitrogens is 1. The van der Waals surface area contributed by atoms with Gasteiger partial charge in [0.1, 0.15) is 0 Å². The number of alkyl halides is 3. The molecule has 0 atom stereocenters. The molecular formula is C12H11F3N2O2S2. The minimum Gasteiger partial charge on any atom is -0.384 e. The lowest BCUT2D eigenvalue weighted by atomic mass is 10.3. The maximum atomic E-state index is 12.6. The molecular weight excluding hydrogens is 325 g/mol. The number of nitrogens with one attached hydrogen (secondary N) is 1. The van der Waals surface area contributed by atoms with Crippen LogP contribution >= 0.6 is 11.3 Å². The van der Waals surface area contributed by atoms with Crippen LogP contribution in [0.4, 0.5) is 18.9 Å². The molecule has 2 aromatic rings. The molecule has 21 heavy (non-hydrogen) atoms. The Balaban J connectivity index is 2.18. The number of benzene rings is 1. The fourth-order valence-electron chi connectivity index (χ4n) is 1.65. The Hall–Kier alpha value is -1.61. The van der Waals surface area contributed by atoms with Crippen molar-refractivity contribution in [2.75, 3.05) is 11.9 Å². The zero-order valence-electron chi connectivity index (χ0n) is 10.6. The second kappa shape index (κ2) is 6.02. The Kier molecular flexibility index (Phi) is 4.52. The van der Waals surface area contributed by atoms with Gasteiger partial charge in [0.2, 0.25) is 0 Å². The van der Waals surface area contributed by atoms with Crippen molar-refractivity contribution >= 4 is 26.9 Å². The van der Waals surface area contributed by atoms with Crippen LogP contribution in [0.3, 0.4) is 0 Å². The first-order chi connectivity index (χ1) is 9.82. The second-order valence-electron chi connectivity index (χ2n) is 4.05.